The molecule has 0 aromatic carbocycles. The molecule has 0 saturated heterocycles. The lowest BCUT2D eigenvalue weighted by Gasteiger charge is -2.15. The molecule has 82 valence electrons. The first kappa shape index (κ1) is 13.5. The molecule has 0 radical (unpaired) electrons. The largest absolute Gasteiger partial charge is 0.393 e. The average Bonchev–Trinajstić information content (AvgIpc) is 2.00. The van der Waals surface area contributed by atoms with Crippen LogP contribution in [0.2, 0.25) is 0 Å². The lowest BCUT2D eigenvalue weighted by Crippen LogP contribution is -2.42. The fourth-order valence-electron chi connectivity index (χ4n) is 0.891. The Labute approximate surface area is 92.1 Å². The Balaban J connectivity index is 4.05. The second-order valence-electron chi connectivity index (χ2n) is 3.27. The van der Waals surface area contributed by atoms with E-state index >= 15 is 0 Å². The zero-order valence-electron chi connectivity index (χ0n) is 8.57. The van der Waals surface area contributed by atoms with Crippen LogP contribution in [0.3, 0.4) is 0 Å². The summed E-state index contributed by atoms with van der Waals surface area (Å²) in [4.78, 5) is 11.6. The molecule has 0 aliphatic heterocycles. The molecule has 0 rings (SSSR count). The van der Waals surface area contributed by atoms with Gasteiger partial charge in [-0.3, -0.25) is 9.00 Å². The third-order valence-electron chi connectivity index (χ3n) is 1.69. The molecule has 4 nitrogen and oxygen atoms in total. The van der Waals surface area contributed by atoms with Crippen molar-refractivity contribution in [2.24, 2.45) is 11.7 Å². The van der Waals surface area contributed by atoms with Crippen molar-refractivity contribution < 1.29 is 9.00 Å². The standard InChI is InChI=1S/C8H16N2O2S2/c1-5(4-14(3)12)10-8(11)6(2)7(9)13/h5-6H,4H2,1-3H3,(H2,9,13)(H,10,11). The van der Waals surface area contributed by atoms with Gasteiger partial charge < -0.3 is 11.1 Å². The van der Waals surface area contributed by atoms with Gasteiger partial charge in [-0.2, -0.15) is 0 Å². The molecule has 0 heterocycles. The Bertz CT molecular complexity index is 256. The van der Waals surface area contributed by atoms with E-state index in [1.54, 1.807) is 20.1 Å². The van der Waals surface area contributed by atoms with Crippen molar-refractivity contribution in [2.45, 2.75) is 19.9 Å². The fraction of sp³-hybridized carbons (Fsp3) is 0.750. The van der Waals surface area contributed by atoms with Crippen molar-refractivity contribution in [1.82, 2.24) is 5.32 Å². The number of amides is 1. The van der Waals surface area contributed by atoms with Gasteiger partial charge in [0.25, 0.3) is 0 Å². The van der Waals surface area contributed by atoms with E-state index in [9.17, 15) is 9.00 Å². The summed E-state index contributed by atoms with van der Waals surface area (Å²) in [5.41, 5.74) is 5.32. The van der Waals surface area contributed by atoms with E-state index in [-0.39, 0.29) is 16.9 Å². The van der Waals surface area contributed by atoms with Gasteiger partial charge in [0, 0.05) is 28.9 Å². The molecule has 3 N–H and O–H groups in total. The quantitative estimate of drug-likeness (QED) is 0.648. The number of hydrogen-bond donors (Lipinski definition) is 2. The zero-order chi connectivity index (χ0) is 11.3. The van der Waals surface area contributed by atoms with Crippen molar-refractivity contribution in [3.8, 4) is 0 Å². The van der Waals surface area contributed by atoms with E-state index in [4.69, 9.17) is 18.0 Å². The number of rotatable bonds is 5. The Morgan fingerprint density at radius 3 is 2.43 bits per heavy atom. The summed E-state index contributed by atoms with van der Waals surface area (Å²) >= 11 is 4.69. The highest BCUT2D eigenvalue weighted by Gasteiger charge is 2.17. The van der Waals surface area contributed by atoms with Gasteiger partial charge in [0.05, 0.1) is 10.9 Å². The molecule has 0 aromatic rings. The van der Waals surface area contributed by atoms with Crippen LogP contribution in [0, 0.1) is 5.92 Å². The molecule has 1 amide bonds. The second-order valence-corrected chi connectivity index (χ2v) is 5.22. The zero-order valence-corrected chi connectivity index (χ0v) is 10.2. The molecule has 0 bridgehead atoms. The first-order chi connectivity index (χ1) is 6.34. The maximum absolute atomic E-state index is 11.4. The van der Waals surface area contributed by atoms with Crippen LogP contribution in [0.25, 0.3) is 0 Å². The van der Waals surface area contributed by atoms with Gasteiger partial charge in [-0.15, -0.1) is 0 Å². The smallest absolute Gasteiger partial charge is 0.229 e. The number of hydrogen-bond acceptors (Lipinski definition) is 3. The molecule has 0 spiro atoms. The van der Waals surface area contributed by atoms with Crippen molar-refractivity contribution in [3.63, 3.8) is 0 Å². The third-order valence-corrected chi connectivity index (χ3v) is 3.02. The minimum atomic E-state index is -0.915. The fourth-order valence-corrected chi connectivity index (χ4v) is 1.79. The molecule has 3 unspecified atom stereocenters. The normalized spacial score (nSPS) is 16.8. The van der Waals surface area contributed by atoms with E-state index in [1.807, 2.05) is 0 Å². The molecule has 14 heavy (non-hydrogen) atoms. The highest BCUT2D eigenvalue weighted by atomic mass is 32.2. The Hall–Kier alpha value is -0.490. The molecule has 0 aliphatic rings. The van der Waals surface area contributed by atoms with Crippen LogP contribution in [0.4, 0.5) is 0 Å². The number of carbonyl (C=O) groups is 1. The molecule has 0 aromatic heterocycles. The van der Waals surface area contributed by atoms with Crippen LogP contribution in [0.5, 0.6) is 0 Å². The van der Waals surface area contributed by atoms with Crippen LogP contribution in [-0.2, 0) is 15.6 Å². The lowest BCUT2D eigenvalue weighted by molar-refractivity contribution is -0.123. The van der Waals surface area contributed by atoms with E-state index < -0.39 is 16.7 Å². The number of nitrogens with one attached hydrogen (secondary N) is 1. The Morgan fingerprint density at radius 2 is 2.07 bits per heavy atom. The molecule has 0 fully saturated rings. The van der Waals surface area contributed by atoms with Crippen molar-refractivity contribution in [2.75, 3.05) is 12.0 Å². The van der Waals surface area contributed by atoms with E-state index in [0.717, 1.165) is 0 Å². The second kappa shape index (κ2) is 6.08. The monoisotopic (exact) mass is 236 g/mol. The molecule has 3 atom stereocenters. The molecular formula is C8H16N2O2S2. The minimum Gasteiger partial charge on any atom is -0.393 e. The summed E-state index contributed by atoms with van der Waals surface area (Å²) < 4.78 is 10.8. The lowest BCUT2D eigenvalue weighted by atomic mass is 10.1. The third kappa shape index (κ3) is 5.29. The van der Waals surface area contributed by atoms with Gasteiger partial charge in [0.15, 0.2) is 0 Å². The van der Waals surface area contributed by atoms with Gasteiger partial charge in [0.1, 0.15) is 0 Å². The number of carbonyl (C=O) groups excluding carboxylic acids is 1. The van der Waals surface area contributed by atoms with E-state index in [1.165, 1.54) is 0 Å². The summed E-state index contributed by atoms with van der Waals surface area (Å²) in [6.45, 7) is 3.44. The number of thiocarbonyl (C=S) groups is 1. The SMILES string of the molecule is CC(CS(C)=O)NC(=O)C(C)C(N)=S. The van der Waals surface area contributed by atoms with Crippen molar-refractivity contribution in [3.05, 3.63) is 0 Å². The highest BCUT2D eigenvalue weighted by molar-refractivity contribution is 7.84. The average molecular weight is 236 g/mol. The van der Waals surface area contributed by atoms with Crippen LogP contribution < -0.4 is 11.1 Å². The summed E-state index contributed by atoms with van der Waals surface area (Å²) in [5, 5.41) is 2.69. The predicted molar refractivity (Wildman–Crippen MR) is 62.5 cm³/mol. The van der Waals surface area contributed by atoms with Gasteiger partial charge in [-0.1, -0.05) is 12.2 Å². The van der Waals surface area contributed by atoms with Crippen LogP contribution in [-0.4, -0.2) is 33.2 Å². The molecule has 6 heteroatoms. The maximum Gasteiger partial charge on any atom is 0.229 e. The topological polar surface area (TPSA) is 72.2 Å². The summed E-state index contributed by atoms with van der Waals surface area (Å²) in [6, 6.07) is -0.120. The molecule has 0 saturated carbocycles. The predicted octanol–water partition coefficient (Wildman–Crippen LogP) is -0.208. The summed E-state index contributed by atoms with van der Waals surface area (Å²) in [7, 11) is -0.915. The van der Waals surface area contributed by atoms with Gasteiger partial charge in [-0.25, -0.2) is 0 Å². The van der Waals surface area contributed by atoms with Gasteiger partial charge in [0.2, 0.25) is 5.91 Å². The minimum absolute atomic E-state index is 0.120. The van der Waals surface area contributed by atoms with E-state index in [0.29, 0.717) is 5.75 Å². The maximum atomic E-state index is 11.4. The van der Waals surface area contributed by atoms with Crippen molar-refractivity contribution in [1.29, 1.82) is 0 Å². The van der Waals surface area contributed by atoms with Crippen molar-refractivity contribution >= 4 is 33.9 Å². The van der Waals surface area contributed by atoms with E-state index in [2.05, 4.69) is 5.32 Å². The Morgan fingerprint density at radius 1 is 1.57 bits per heavy atom. The molecular weight excluding hydrogens is 220 g/mol. The van der Waals surface area contributed by atoms with Crippen LogP contribution in [0.1, 0.15) is 13.8 Å². The summed E-state index contributed by atoms with van der Waals surface area (Å²) in [5.74, 6) is -0.247. The van der Waals surface area contributed by atoms with Gasteiger partial charge in [-0.05, 0) is 13.8 Å². The number of nitrogens with two attached hydrogens (primary N) is 1. The first-order valence-corrected chi connectivity index (χ1v) is 6.37. The molecule has 0 aliphatic carbocycles. The summed E-state index contributed by atoms with van der Waals surface area (Å²) in [6.07, 6.45) is 1.60. The van der Waals surface area contributed by atoms with Crippen LogP contribution in [0.15, 0.2) is 0 Å². The van der Waals surface area contributed by atoms with Gasteiger partial charge >= 0.3 is 0 Å². The first-order valence-electron chi connectivity index (χ1n) is 4.24. The Kier molecular flexibility index (Phi) is 5.87. The van der Waals surface area contributed by atoms with Crippen LogP contribution >= 0.6 is 12.2 Å². The highest BCUT2D eigenvalue weighted by Crippen LogP contribution is 1.96.